The summed E-state index contributed by atoms with van der Waals surface area (Å²) < 4.78 is 6.35. The highest BCUT2D eigenvalue weighted by Crippen LogP contribution is 2.18. The van der Waals surface area contributed by atoms with Gasteiger partial charge < -0.3 is 9.30 Å². The molecule has 1 aromatic rings. The largest absolute Gasteiger partial charge is 0.465 e. The van der Waals surface area contributed by atoms with Crippen LogP contribution < -0.4 is 5.56 Å². The van der Waals surface area contributed by atoms with Gasteiger partial charge in [0.05, 0.1) is 12.5 Å². The first-order chi connectivity index (χ1) is 8.63. The number of hydrogen-bond donors (Lipinski definition) is 0. The second-order valence-electron chi connectivity index (χ2n) is 4.43. The van der Waals surface area contributed by atoms with Crippen molar-refractivity contribution in [3.63, 3.8) is 0 Å². The molecule has 5 heteroatoms. The number of nitrogens with zero attached hydrogens (tertiary/aromatic N) is 2. The molecular weight excluding hydrogens is 232 g/mol. The predicted molar refractivity (Wildman–Crippen MR) is 63.8 cm³/mol. The molecule has 5 nitrogen and oxygen atoms in total. The second-order valence-corrected chi connectivity index (χ2v) is 4.43. The predicted octanol–water partition coefficient (Wildman–Crippen LogP) is 0.982. The lowest BCUT2D eigenvalue weighted by Gasteiger charge is -2.09. The molecule has 1 aliphatic heterocycles. The van der Waals surface area contributed by atoms with E-state index < -0.39 is 0 Å². The standard InChI is InChI=1S/C13H14N2O3/c1-9-2-5-15(12(16)11(9)8-14)6-3-10-4-7-18-13(10)17/h2,5,10H,3-4,6-7H2,1H3/t10-/m1/s1. The zero-order chi connectivity index (χ0) is 13.1. The van der Waals surface area contributed by atoms with Gasteiger partial charge in [0.1, 0.15) is 11.6 Å². The summed E-state index contributed by atoms with van der Waals surface area (Å²) in [5.41, 5.74) is 0.564. The molecule has 1 fully saturated rings. The van der Waals surface area contributed by atoms with Gasteiger partial charge in [-0.2, -0.15) is 5.26 Å². The third-order valence-electron chi connectivity index (χ3n) is 3.25. The summed E-state index contributed by atoms with van der Waals surface area (Å²) in [5, 5.41) is 8.91. The van der Waals surface area contributed by atoms with Crippen LogP contribution in [0.5, 0.6) is 0 Å². The third-order valence-corrected chi connectivity index (χ3v) is 3.25. The summed E-state index contributed by atoms with van der Waals surface area (Å²) in [6.45, 7) is 2.64. The fourth-order valence-corrected chi connectivity index (χ4v) is 2.07. The Labute approximate surface area is 105 Å². The first-order valence-corrected chi connectivity index (χ1v) is 5.90. The average molecular weight is 246 g/mol. The molecular formula is C13H14N2O3. The minimum Gasteiger partial charge on any atom is -0.465 e. The summed E-state index contributed by atoms with van der Waals surface area (Å²) in [6, 6.07) is 3.66. The molecule has 0 amide bonds. The van der Waals surface area contributed by atoms with Gasteiger partial charge >= 0.3 is 5.97 Å². The van der Waals surface area contributed by atoms with Crippen LogP contribution in [0, 0.1) is 24.2 Å². The normalized spacial score (nSPS) is 18.4. The Balaban J connectivity index is 2.13. The maximum absolute atomic E-state index is 11.9. The first-order valence-electron chi connectivity index (χ1n) is 5.90. The Kier molecular flexibility index (Phi) is 3.47. The molecule has 0 bridgehead atoms. The number of cyclic esters (lactones) is 1. The molecule has 18 heavy (non-hydrogen) atoms. The second kappa shape index (κ2) is 5.05. The lowest BCUT2D eigenvalue weighted by Crippen LogP contribution is -2.24. The Morgan fingerprint density at radius 3 is 2.94 bits per heavy atom. The van der Waals surface area contributed by atoms with Gasteiger partial charge in [-0.3, -0.25) is 9.59 Å². The summed E-state index contributed by atoms with van der Waals surface area (Å²) in [4.78, 5) is 23.2. The molecule has 0 saturated carbocycles. The number of carbonyl (C=O) groups excluding carboxylic acids is 1. The molecule has 0 spiro atoms. The van der Waals surface area contributed by atoms with Crippen LogP contribution in [-0.4, -0.2) is 17.1 Å². The van der Waals surface area contributed by atoms with Crippen molar-refractivity contribution in [2.24, 2.45) is 5.92 Å². The molecule has 1 saturated heterocycles. The first kappa shape index (κ1) is 12.4. The highest BCUT2D eigenvalue weighted by atomic mass is 16.5. The van der Waals surface area contributed by atoms with Crippen molar-refractivity contribution in [2.45, 2.75) is 26.3 Å². The summed E-state index contributed by atoms with van der Waals surface area (Å²) in [6.07, 6.45) is 2.95. The summed E-state index contributed by atoms with van der Waals surface area (Å²) in [5.74, 6) is -0.306. The monoisotopic (exact) mass is 246 g/mol. The molecule has 0 N–H and O–H groups in total. The molecule has 94 valence electrons. The summed E-state index contributed by atoms with van der Waals surface area (Å²) in [7, 11) is 0. The fourth-order valence-electron chi connectivity index (χ4n) is 2.07. The minimum absolute atomic E-state index is 0.122. The van der Waals surface area contributed by atoms with Gasteiger partial charge in [0.2, 0.25) is 0 Å². The zero-order valence-corrected chi connectivity index (χ0v) is 10.2. The van der Waals surface area contributed by atoms with E-state index in [9.17, 15) is 9.59 Å². The van der Waals surface area contributed by atoms with E-state index in [-0.39, 0.29) is 23.0 Å². The van der Waals surface area contributed by atoms with Crippen LogP contribution in [0.3, 0.4) is 0 Å². The molecule has 1 aliphatic rings. The Bertz CT molecular complexity index is 569. The Morgan fingerprint density at radius 1 is 1.56 bits per heavy atom. The van der Waals surface area contributed by atoms with Crippen LogP contribution in [0.2, 0.25) is 0 Å². The molecule has 0 unspecified atom stereocenters. The molecule has 0 radical (unpaired) electrons. The lowest BCUT2D eigenvalue weighted by atomic mass is 10.0. The number of carbonyl (C=O) groups is 1. The van der Waals surface area contributed by atoms with E-state index in [2.05, 4.69) is 0 Å². The number of rotatable bonds is 3. The van der Waals surface area contributed by atoms with Crippen molar-refractivity contribution in [1.29, 1.82) is 5.26 Å². The number of pyridine rings is 1. The third kappa shape index (κ3) is 2.28. The zero-order valence-electron chi connectivity index (χ0n) is 10.2. The number of aryl methyl sites for hydroxylation is 2. The van der Waals surface area contributed by atoms with Gasteiger partial charge in [-0.1, -0.05) is 0 Å². The molecule has 1 aromatic heterocycles. The van der Waals surface area contributed by atoms with E-state index in [4.69, 9.17) is 10.00 Å². The van der Waals surface area contributed by atoms with Gasteiger partial charge in [0.25, 0.3) is 5.56 Å². The van der Waals surface area contributed by atoms with E-state index >= 15 is 0 Å². The Morgan fingerprint density at radius 2 is 2.33 bits per heavy atom. The number of nitriles is 1. The van der Waals surface area contributed by atoms with Crippen molar-refractivity contribution < 1.29 is 9.53 Å². The van der Waals surface area contributed by atoms with Crippen LogP contribution >= 0.6 is 0 Å². The van der Waals surface area contributed by atoms with Crippen molar-refractivity contribution in [2.75, 3.05) is 6.61 Å². The minimum atomic E-state index is -0.288. The van der Waals surface area contributed by atoms with E-state index in [0.717, 1.165) is 0 Å². The highest BCUT2D eigenvalue weighted by molar-refractivity contribution is 5.73. The van der Waals surface area contributed by atoms with Gasteiger partial charge in [0.15, 0.2) is 0 Å². The lowest BCUT2D eigenvalue weighted by molar-refractivity contribution is -0.141. The van der Waals surface area contributed by atoms with Crippen molar-refractivity contribution in [3.8, 4) is 6.07 Å². The maximum atomic E-state index is 11.9. The van der Waals surface area contributed by atoms with Gasteiger partial charge in [0, 0.05) is 12.7 Å². The smallest absolute Gasteiger partial charge is 0.309 e. The molecule has 0 aromatic carbocycles. The van der Waals surface area contributed by atoms with Crippen molar-refractivity contribution in [1.82, 2.24) is 4.57 Å². The van der Waals surface area contributed by atoms with Crippen molar-refractivity contribution >= 4 is 5.97 Å². The van der Waals surface area contributed by atoms with E-state index in [1.54, 1.807) is 19.2 Å². The molecule has 2 rings (SSSR count). The number of aromatic nitrogens is 1. The van der Waals surface area contributed by atoms with E-state index in [1.807, 2.05) is 6.07 Å². The van der Waals surface area contributed by atoms with Gasteiger partial charge in [-0.25, -0.2) is 0 Å². The molecule has 1 atom stereocenters. The van der Waals surface area contributed by atoms with Crippen LogP contribution in [0.1, 0.15) is 24.0 Å². The van der Waals surface area contributed by atoms with Crippen LogP contribution in [0.4, 0.5) is 0 Å². The van der Waals surface area contributed by atoms with E-state index in [0.29, 0.717) is 31.6 Å². The van der Waals surface area contributed by atoms with Crippen LogP contribution in [0.15, 0.2) is 17.1 Å². The van der Waals surface area contributed by atoms with Gasteiger partial charge in [-0.05, 0) is 31.4 Å². The van der Waals surface area contributed by atoms with E-state index in [1.165, 1.54) is 4.57 Å². The van der Waals surface area contributed by atoms with Gasteiger partial charge in [-0.15, -0.1) is 0 Å². The van der Waals surface area contributed by atoms with Crippen LogP contribution in [0.25, 0.3) is 0 Å². The highest BCUT2D eigenvalue weighted by Gasteiger charge is 2.26. The molecule has 2 heterocycles. The average Bonchev–Trinajstić information content (AvgIpc) is 2.75. The number of ether oxygens (including phenoxy) is 1. The topological polar surface area (TPSA) is 72.1 Å². The van der Waals surface area contributed by atoms with Crippen LogP contribution in [-0.2, 0) is 16.1 Å². The Hall–Kier alpha value is -2.09. The quantitative estimate of drug-likeness (QED) is 0.745. The maximum Gasteiger partial charge on any atom is 0.309 e. The molecule has 0 aliphatic carbocycles. The number of hydrogen-bond acceptors (Lipinski definition) is 4. The fraction of sp³-hybridized carbons (Fsp3) is 0.462. The number of esters is 1. The summed E-state index contributed by atoms with van der Waals surface area (Å²) >= 11 is 0. The van der Waals surface area contributed by atoms with Crippen molar-refractivity contribution in [3.05, 3.63) is 33.7 Å². The SMILES string of the molecule is Cc1ccn(CC[C@@H]2CCOC2=O)c(=O)c1C#N.